The van der Waals surface area contributed by atoms with Gasteiger partial charge in [-0.3, -0.25) is 14.4 Å². The lowest BCUT2D eigenvalue weighted by Crippen LogP contribution is -2.25. The summed E-state index contributed by atoms with van der Waals surface area (Å²) >= 11 is 0. The predicted octanol–water partition coefficient (Wildman–Crippen LogP) is 3.24. The molecule has 0 radical (unpaired) electrons. The van der Waals surface area contributed by atoms with E-state index in [1.165, 1.54) is 5.56 Å². The molecule has 0 aliphatic heterocycles. The van der Waals surface area contributed by atoms with E-state index in [4.69, 9.17) is 5.11 Å². The van der Waals surface area contributed by atoms with Crippen molar-refractivity contribution in [1.82, 2.24) is 5.32 Å². The second kappa shape index (κ2) is 10.8. The molecule has 0 bridgehead atoms. The molecule has 0 aliphatic rings. The van der Waals surface area contributed by atoms with Crippen molar-refractivity contribution in [1.29, 1.82) is 0 Å². The monoisotopic (exact) mass is 368 g/mol. The number of nitrogens with one attached hydrogen (secondary N) is 2. The first kappa shape index (κ1) is 20.2. The van der Waals surface area contributed by atoms with Gasteiger partial charge in [0.2, 0.25) is 5.91 Å². The molecular formula is C21H24N2O4. The third-order valence-electron chi connectivity index (χ3n) is 4.02. The predicted molar refractivity (Wildman–Crippen MR) is 104 cm³/mol. The Kier molecular flexibility index (Phi) is 8.03. The fourth-order valence-electron chi connectivity index (χ4n) is 2.56. The molecule has 0 spiro atoms. The summed E-state index contributed by atoms with van der Waals surface area (Å²) in [5.74, 6) is -1.18. The highest BCUT2D eigenvalue weighted by Crippen LogP contribution is 2.11. The van der Waals surface area contributed by atoms with Crippen molar-refractivity contribution >= 4 is 23.5 Å². The van der Waals surface area contributed by atoms with Crippen LogP contribution in [0, 0.1) is 0 Å². The molecule has 0 saturated heterocycles. The fraction of sp³-hybridized carbons (Fsp3) is 0.286. The van der Waals surface area contributed by atoms with Gasteiger partial charge in [0.15, 0.2) is 0 Å². The number of carboxylic acid groups (broad SMARTS) is 1. The lowest BCUT2D eigenvalue weighted by molar-refractivity contribution is -0.137. The van der Waals surface area contributed by atoms with Crippen LogP contribution in [0.2, 0.25) is 0 Å². The van der Waals surface area contributed by atoms with E-state index in [0.717, 1.165) is 6.42 Å². The molecule has 0 saturated carbocycles. The van der Waals surface area contributed by atoms with Crippen molar-refractivity contribution in [3.63, 3.8) is 0 Å². The lowest BCUT2D eigenvalue weighted by Gasteiger charge is -2.08. The molecule has 2 aromatic carbocycles. The van der Waals surface area contributed by atoms with Gasteiger partial charge in [-0.25, -0.2) is 0 Å². The summed E-state index contributed by atoms with van der Waals surface area (Å²) in [4.78, 5) is 34.4. The van der Waals surface area contributed by atoms with Crippen molar-refractivity contribution in [3.05, 3.63) is 65.7 Å². The van der Waals surface area contributed by atoms with Crippen LogP contribution in [-0.2, 0) is 16.0 Å². The Morgan fingerprint density at radius 2 is 1.52 bits per heavy atom. The zero-order chi connectivity index (χ0) is 19.5. The molecule has 3 N–H and O–H groups in total. The summed E-state index contributed by atoms with van der Waals surface area (Å²) in [6.07, 6.45) is 2.11. The summed E-state index contributed by atoms with van der Waals surface area (Å²) in [5.41, 5.74) is 2.31. The number of unbranched alkanes of at least 4 members (excludes halogenated alkanes) is 1. The maximum Gasteiger partial charge on any atom is 0.303 e. The molecular weight excluding hydrogens is 344 g/mol. The maximum atomic E-state index is 12.2. The number of rotatable bonds is 10. The Labute approximate surface area is 158 Å². The van der Waals surface area contributed by atoms with E-state index < -0.39 is 5.97 Å². The molecule has 2 aromatic rings. The Morgan fingerprint density at radius 3 is 2.19 bits per heavy atom. The number of anilines is 1. The number of amides is 2. The van der Waals surface area contributed by atoms with E-state index in [9.17, 15) is 14.4 Å². The van der Waals surface area contributed by atoms with Gasteiger partial charge in [-0.05, 0) is 49.1 Å². The smallest absolute Gasteiger partial charge is 0.303 e. The molecule has 0 fully saturated rings. The van der Waals surface area contributed by atoms with Crippen LogP contribution in [-0.4, -0.2) is 29.4 Å². The standard InChI is InChI=1S/C21H24N2O4/c24-19(8-4-5-9-20(25)26)23-18-12-10-17(11-13-18)21(27)22-15-14-16-6-2-1-3-7-16/h1-3,6-7,10-13H,4-5,8-9,14-15H2,(H,22,27)(H,23,24)(H,25,26). The lowest BCUT2D eigenvalue weighted by atomic mass is 10.1. The maximum absolute atomic E-state index is 12.2. The van der Waals surface area contributed by atoms with E-state index in [2.05, 4.69) is 10.6 Å². The number of benzene rings is 2. The largest absolute Gasteiger partial charge is 0.481 e. The van der Waals surface area contributed by atoms with Crippen molar-refractivity contribution in [2.45, 2.75) is 32.1 Å². The van der Waals surface area contributed by atoms with E-state index in [-0.39, 0.29) is 24.7 Å². The van der Waals surface area contributed by atoms with Crippen molar-refractivity contribution in [2.24, 2.45) is 0 Å². The van der Waals surface area contributed by atoms with Gasteiger partial charge in [-0.2, -0.15) is 0 Å². The third kappa shape index (κ3) is 7.73. The van der Waals surface area contributed by atoms with Gasteiger partial charge in [0.25, 0.3) is 5.91 Å². The number of carbonyl (C=O) groups excluding carboxylic acids is 2. The SMILES string of the molecule is O=C(O)CCCCC(=O)Nc1ccc(C(=O)NCCc2ccccc2)cc1. The zero-order valence-electron chi connectivity index (χ0n) is 15.1. The minimum Gasteiger partial charge on any atom is -0.481 e. The minimum absolute atomic E-state index is 0.0708. The Morgan fingerprint density at radius 1 is 0.852 bits per heavy atom. The second-order valence-corrected chi connectivity index (χ2v) is 6.22. The van der Waals surface area contributed by atoms with Crippen LogP contribution in [0.5, 0.6) is 0 Å². The third-order valence-corrected chi connectivity index (χ3v) is 4.02. The van der Waals surface area contributed by atoms with Gasteiger partial charge in [0.1, 0.15) is 0 Å². The van der Waals surface area contributed by atoms with Crippen LogP contribution in [0.3, 0.4) is 0 Å². The molecule has 142 valence electrons. The van der Waals surface area contributed by atoms with Crippen LogP contribution >= 0.6 is 0 Å². The van der Waals surface area contributed by atoms with Gasteiger partial charge < -0.3 is 15.7 Å². The zero-order valence-corrected chi connectivity index (χ0v) is 15.1. The highest BCUT2D eigenvalue weighted by atomic mass is 16.4. The molecule has 0 unspecified atom stereocenters. The van der Waals surface area contributed by atoms with Gasteiger partial charge in [-0.15, -0.1) is 0 Å². The molecule has 27 heavy (non-hydrogen) atoms. The minimum atomic E-state index is -0.854. The molecule has 6 nitrogen and oxygen atoms in total. The van der Waals surface area contributed by atoms with E-state index >= 15 is 0 Å². The van der Waals surface area contributed by atoms with Gasteiger partial charge in [0, 0.05) is 30.6 Å². The Bertz CT molecular complexity index is 758. The van der Waals surface area contributed by atoms with Crippen molar-refractivity contribution in [3.8, 4) is 0 Å². The number of aliphatic carboxylic acids is 1. The first-order valence-electron chi connectivity index (χ1n) is 8.98. The van der Waals surface area contributed by atoms with Crippen LogP contribution in [0.1, 0.15) is 41.6 Å². The molecule has 0 atom stereocenters. The second-order valence-electron chi connectivity index (χ2n) is 6.22. The highest BCUT2D eigenvalue weighted by Gasteiger charge is 2.07. The molecule has 0 heterocycles. The highest BCUT2D eigenvalue weighted by molar-refractivity contribution is 5.95. The van der Waals surface area contributed by atoms with E-state index in [1.54, 1.807) is 24.3 Å². The van der Waals surface area contributed by atoms with Gasteiger partial charge in [-0.1, -0.05) is 30.3 Å². The average molecular weight is 368 g/mol. The van der Waals surface area contributed by atoms with Gasteiger partial charge >= 0.3 is 5.97 Å². The summed E-state index contributed by atoms with van der Waals surface area (Å²) in [5, 5.41) is 14.2. The normalized spacial score (nSPS) is 10.2. The molecule has 6 heteroatoms. The fourth-order valence-corrected chi connectivity index (χ4v) is 2.56. The Balaban J connectivity index is 1.72. The first-order chi connectivity index (χ1) is 13.0. The van der Waals surface area contributed by atoms with E-state index in [1.807, 2.05) is 30.3 Å². The quantitative estimate of drug-likeness (QED) is 0.561. The van der Waals surface area contributed by atoms with Crippen molar-refractivity contribution < 1.29 is 19.5 Å². The molecule has 0 aromatic heterocycles. The van der Waals surface area contributed by atoms with Gasteiger partial charge in [0.05, 0.1) is 0 Å². The van der Waals surface area contributed by atoms with Crippen LogP contribution in [0.15, 0.2) is 54.6 Å². The summed E-state index contributed by atoms with van der Waals surface area (Å²) in [6, 6.07) is 16.6. The summed E-state index contributed by atoms with van der Waals surface area (Å²) < 4.78 is 0. The number of hydrogen-bond donors (Lipinski definition) is 3. The summed E-state index contributed by atoms with van der Waals surface area (Å²) in [7, 11) is 0. The van der Waals surface area contributed by atoms with Crippen molar-refractivity contribution in [2.75, 3.05) is 11.9 Å². The Hall–Kier alpha value is -3.15. The topological polar surface area (TPSA) is 95.5 Å². The van der Waals surface area contributed by atoms with Crippen LogP contribution in [0.4, 0.5) is 5.69 Å². The molecule has 2 amide bonds. The average Bonchev–Trinajstić information content (AvgIpc) is 2.66. The van der Waals surface area contributed by atoms with E-state index in [0.29, 0.717) is 30.6 Å². The number of hydrogen-bond acceptors (Lipinski definition) is 3. The van der Waals surface area contributed by atoms with Crippen LogP contribution in [0.25, 0.3) is 0 Å². The number of carbonyl (C=O) groups is 3. The first-order valence-corrected chi connectivity index (χ1v) is 8.98. The number of carboxylic acids is 1. The molecule has 0 aliphatic carbocycles. The van der Waals surface area contributed by atoms with Crippen LogP contribution < -0.4 is 10.6 Å². The summed E-state index contributed by atoms with van der Waals surface area (Å²) in [6.45, 7) is 0.553. The molecule has 2 rings (SSSR count).